The number of rotatable bonds is 2. The Morgan fingerprint density at radius 1 is 1.03 bits per heavy atom. The van der Waals surface area contributed by atoms with Crippen LogP contribution in [-0.4, -0.2) is 20.7 Å². The zero-order valence-corrected chi connectivity index (χ0v) is 18.4. The van der Waals surface area contributed by atoms with Gasteiger partial charge in [0.05, 0.1) is 18.8 Å². The van der Waals surface area contributed by atoms with Gasteiger partial charge in [-0.25, -0.2) is 4.39 Å². The molecule has 3 aromatic carbocycles. The Hall–Kier alpha value is -2.88. The first-order chi connectivity index (χ1) is 13.5. The van der Waals surface area contributed by atoms with Gasteiger partial charge in [-0.3, -0.25) is 4.79 Å². The molecule has 0 spiro atoms. The molecule has 1 heterocycles. The SMILES string of the molecule is CC(=[OH+])/C=C(/C)O.Fc1cc[c-]c(-c2nccc3c2ccc2ccccc23)c1.[Ir]. The van der Waals surface area contributed by atoms with E-state index in [0.717, 1.165) is 16.5 Å². The molecule has 4 aromatic rings. The molecule has 0 saturated heterocycles. The molecule has 0 aliphatic heterocycles. The molecule has 149 valence electrons. The van der Waals surface area contributed by atoms with Gasteiger partial charge >= 0.3 is 5.78 Å². The summed E-state index contributed by atoms with van der Waals surface area (Å²) in [5.41, 5.74) is 1.44. The van der Waals surface area contributed by atoms with E-state index < -0.39 is 0 Å². The normalized spacial score (nSPS) is 10.8. The van der Waals surface area contributed by atoms with Crippen LogP contribution < -0.4 is 0 Å². The molecule has 4 rings (SSSR count). The van der Waals surface area contributed by atoms with Crippen molar-refractivity contribution < 1.29 is 34.4 Å². The van der Waals surface area contributed by atoms with Crippen LogP contribution in [0.4, 0.5) is 4.39 Å². The predicted molar refractivity (Wildman–Crippen MR) is 112 cm³/mol. The number of hydrogen-bond donors (Lipinski definition) is 1. The quantitative estimate of drug-likeness (QED) is 0.107. The van der Waals surface area contributed by atoms with Gasteiger partial charge in [0.15, 0.2) is 0 Å². The van der Waals surface area contributed by atoms with Gasteiger partial charge in [0.25, 0.3) is 0 Å². The smallest absolute Gasteiger partial charge is 0.316 e. The summed E-state index contributed by atoms with van der Waals surface area (Å²) < 4.78 is 13.5. The van der Waals surface area contributed by atoms with Gasteiger partial charge in [0.2, 0.25) is 0 Å². The second-order valence-electron chi connectivity index (χ2n) is 6.39. The fraction of sp³-hybridized carbons (Fsp3) is 0.0833. The van der Waals surface area contributed by atoms with E-state index in [1.807, 2.05) is 24.3 Å². The summed E-state index contributed by atoms with van der Waals surface area (Å²) in [6.45, 7) is 3.00. The van der Waals surface area contributed by atoms with E-state index in [0.29, 0.717) is 5.56 Å². The molecule has 3 nitrogen and oxygen atoms in total. The second-order valence-corrected chi connectivity index (χ2v) is 6.39. The number of aliphatic hydroxyl groups is 1. The summed E-state index contributed by atoms with van der Waals surface area (Å²) >= 11 is 0. The first-order valence-electron chi connectivity index (χ1n) is 8.79. The zero-order chi connectivity index (χ0) is 20.1. The van der Waals surface area contributed by atoms with Crippen LogP contribution in [0.5, 0.6) is 0 Å². The van der Waals surface area contributed by atoms with E-state index in [4.69, 9.17) is 9.90 Å². The van der Waals surface area contributed by atoms with E-state index in [1.165, 1.54) is 42.8 Å². The molecule has 0 amide bonds. The number of aliphatic hydroxyl groups excluding tert-OH is 1. The van der Waals surface area contributed by atoms with Crippen LogP contribution >= 0.6 is 0 Å². The number of pyridine rings is 1. The van der Waals surface area contributed by atoms with Crippen LogP contribution in [0.3, 0.4) is 0 Å². The Kier molecular flexibility index (Phi) is 7.77. The molecule has 0 fully saturated rings. The van der Waals surface area contributed by atoms with Crippen LogP contribution in [0.15, 0.2) is 78.7 Å². The number of hydrogen-bond acceptors (Lipinski definition) is 2. The van der Waals surface area contributed by atoms with E-state index in [1.54, 1.807) is 12.3 Å². The van der Waals surface area contributed by atoms with Gasteiger partial charge < -0.3 is 10.1 Å². The number of fused-ring (bicyclic) bond motifs is 3. The molecule has 5 heteroatoms. The minimum absolute atomic E-state index is 0. The van der Waals surface area contributed by atoms with Gasteiger partial charge in [-0.05, 0) is 40.2 Å². The third-order valence-electron chi connectivity index (χ3n) is 4.11. The number of ketones is 1. The van der Waals surface area contributed by atoms with E-state index >= 15 is 0 Å². The minimum atomic E-state index is -0.275. The summed E-state index contributed by atoms with van der Waals surface area (Å²) in [6.07, 6.45) is 3.04. The van der Waals surface area contributed by atoms with Crippen molar-refractivity contribution in [2.75, 3.05) is 0 Å². The molecule has 0 atom stereocenters. The third kappa shape index (κ3) is 5.56. The van der Waals surface area contributed by atoms with Crippen molar-refractivity contribution in [1.82, 2.24) is 4.98 Å². The average molecular weight is 566 g/mol. The number of aromatic nitrogens is 1. The number of allylic oxidation sites excluding steroid dienone is 2. The zero-order valence-electron chi connectivity index (χ0n) is 16.0. The fourth-order valence-corrected chi connectivity index (χ4v) is 3.03. The number of halogens is 1. The maximum Gasteiger partial charge on any atom is 0.316 e. The van der Waals surface area contributed by atoms with Crippen LogP contribution in [0, 0.1) is 11.9 Å². The van der Waals surface area contributed by atoms with Crippen LogP contribution in [0.25, 0.3) is 32.8 Å². The third-order valence-corrected chi connectivity index (χ3v) is 4.11. The van der Waals surface area contributed by atoms with Crippen molar-refractivity contribution in [2.45, 2.75) is 13.8 Å². The molecule has 1 radical (unpaired) electrons. The van der Waals surface area contributed by atoms with Gasteiger partial charge in [-0.15, -0.1) is 29.8 Å². The van der Waals surface area contributed by atoms with Gasteiger partial charge in [-0.1, -0.05) is 36.4 Å². The van der Waals surface area contributed by atoms with Crippen LogP contribution in [0.2, 0.25) is 0 Å². The minimum Gasteiger partial charge on any atom is -0.512 e. The monoisotopic (exact) mass is 566 g/mol. The Morgan fingerprint density at radius 2 is 1.79 bits per heavy atom. The molecular formula is C24H20FIrNO2. The average Bonchev–Trinajstić information content (AvgIpc) is 2.67. The molecule has 0 unspecified atom stereocenters. The summed E-state index contributed by atoms with van der Waals surface area (Å²) in [5, 5.41) is 12.9. The van der Waals surface area contributed by atoms with Crippen molar-refractivity contribution in [3.8, 4) is 11.3 Å². The van der Waals surface area contributed by atoms with Gasteiger partial charge in [0.1, 0.15) is 0 Å². The van der Waals surface area contributed by atoms with Crippen molar-refractivity contribution in [2.24, 2.45) is 0 Å². The molecule has 1 aromatic heterocycles. The second kappa shape index (κ2) is 10.1. The van der Waals surface area contributed by atoms with Gasteiger partial charge in [0, 0.05) is 32.1 Å². The number of benzene rings is 3. The summed E-state index contributed by atoms with van der Waals surface area (Å²) in [6, 6.07) is 21.9. The number of carbonyl (C=O) groups excluding carboxylic acids is 1. The summed E-state index contributed by atoms with van der Waals surface area (Å²) in [4.78, 5) is 12.8. The number of nitrogens with zero attached hydrogens (tertiary/aromatic N) is 1. The summed E-state index contributed by atoms with van der Waals surface area (Å²) in [5.74, 6) is -0.0247. The molecule has 2 N–H and O–H groups in total. The Morgan fingerprint density at radius 3 is 2.45 bits per heavy atom. The Labute approximate surface area is 182 Å². The molecule has 0 saturated carbocycles. The van der Waals surface area contributed by atoms with Crippen molar-refractivity contribution in [3.05, 3.63) is 90.6 Å². The Bertz CT molecular complexity index is 1180. The van der Waals surface area contributed by atoms with E-state index in [-0.39, 0.29) is 37.5 Å². The first-order valence-corrected chi connectivity index (χ1v) is 8.79. The van der Waals surface area contributed by atoms with Gasteiger partial charge in [-0.2, -0.15) is 0 Å². The van der Waals surface area contributed by atoms with E-state index in [9.17, 15) is 4.39 Å². The maximum atomic E-state index is 13.5. The standard InChI is InChI=1S/C19H11FN.C5H8O2.Ir/c20-15-6-3-5-14(12-15)19-18-9-8-13-4-1-2-7-16(13)17(18)10-11-21-19;1-4(6)3-5(2)7;/h1-4,6-12H;3,6H,1-2H3;/q-1;;/p+1/b;4-3-;. The van der Waals surface area contributed by atoms with Crippen molar-refractivity contribution in [3.63, 3.8) is 0 Å². The van der Waals surface area contributed by atoms with E-state index in [2.05, 4.69) is 29.2 Å². The van der Waals surface area contributed by atoms with Crippen molar-refractivity contribution in [1.29, 1.82) is 0 Å². The maximum absolute atomic E-state index is 13.5. The first kappa shape index (κ1) is 22.4. The van der Waals surface area contributed by atoms with Crippen LogP contribution in [0.1, 0.15) is 13.8 Å². The topological polar surface area (TPSA) is 54.5 Å². The summed E-state index contributed by atoms with van der Waals surface area (Å²) in [7, 11) is 0. The fourth-order valence-electron chi connectivity index (χ4n) is 3.03. The molecular weight excluding hydrogens is 545 g/mol. The largest absolute Gasteiger partial charge is 0.512 e. The molecule has 0 aliphatic carbocycles. The molecule has 29 heavy (non-hydrogen) atoms. The molecule has 0 aliphatic rings. The predicted octanol–water partition coefficient (Wildman–Crippen LogP) is 6.00. The van der Waals surface area contributed by atoms with Crippen molar-refractivity contribution >= 4 is 27.3 Å². The van der Waals surface area contributed by atoms with Crippen LogP contribution in [-0.2, 0) is 20.1 Å². The molecule has 0 bridgehead atoms. The Balaban J connectivity index is 0.000000327.